The van der Waals surface area contributed by atoms with Gasteiger partial charge in [-0.15, -0.1) is 0 Å². The first-order valence-corrected chi connectivity index (χ1v) is 33.2. The van der Waals surface area contributed by atoms with Crippen molar-refractivity contribution in [2.75, 3.05) is 6.61 Å². The number of hydrogen-bond donors (Lipinski definition) is 3. The van der Waals surface area contributed by atoms with Crippen LogP contribution in [0.3, 0.4) is 0 Å². The number of carbonyl (C=O) groups is 1. The molecule has 0 heterocycles. The Morgan fingerprint density at radius 2 is 0.571 bits per heavy atom. The SMILES string of the molecule is CC/C=C\C/C=C\C/C=C\C/C=C\C/C=C\C/C=C\C/C=C\C/C=C\C/C=C\CCCCCCCCCCCC(=O)NC(CO)C(O)/C=C/CCCCCCCCCCCCCCCCCCCCCCCCCCCC. The summed E-state index contributed by atoms with van der Waals surface area (Å²) in [5.41, 5.74) is 0. The average Bonchev–Trinajstić information content (AvgIpc) is 3.43. The van der Waals surface area contributed by atoms with Crippen molar-refractivity contribution in [1.29, 1.82) is 0 Å². The molecular formula is C73H127NO3. The van der Waals surface area contributed by atoms with E-state index < -0.39 is 12.1 Å². The van der Waals surface area contributed by atoms with Gasteiger partial charge in [-0.05, 0) is 89.9 Å². The van der Waals surface area contributed by atoms with E-state index >= 15 is 0 Å². The molecule has 0 fully saturated rings. The topological polar surface area (TPSA) is 69.6 Å². The van der Waals surface area contributed by atoms with Crippen LogP contribution in [-0.4, -0.2) is 34.9 Å². The lowest BCUT2D eigenvalue weighted by molar-refractivity contribution is -0.123. The maximum atomic E-state index is 12.5. The van der Waals surface area contributed by atoms with Crippen molar-refractivity contribution in [2.24, 2.45) is 0 Å². The number of rotatable bonds is 60. The highest BCUT2D eigenvalue weighted by molar-refractivity contribution is 5.76. The summed E-state index contributed by atoms with van der Waals surface area (Å²) in [6.07, 6.45) is 103. The standard InChI is InChI=1S/C73H127NO3/c1-3-5-7-9-11-13-15-17-19-21-23-25-27-29-31-33-34-35-36-37-38-39-40-41-43-45-47-49-51-53-55-57-59-61-63-65-67-69-73(77)74-71(70-75)72(76)68-66-64-62-60-58-56-54-52-50-48-46-44-42-32-30-28-26-24-22-20-18-16-14-12-10-8-6-4-2/h5,7,11,13,17,19,23,25,29,31,34-35,37-38,40-41,45,47,66,68,71-72,75-76H,3-4,6,8-10,12,14-16,18,20-22,24,26-28,30,32-33,36,39,42-44,46,48-65,67,69-70H2,1-2H3,(H,74,77)/b7-5-,13-11-,19-17-,25-23-,31-29-,35-34-,38-37-,41-40-,47-45-,68-66+. The van der Waals surface area contributed by atoms with Gasteiger partial charge >= 0.3 is 0 Å². The molecule has 3 N–H and O–H groups in total. The fourth-order valence-electron chi connectivity index (χ4n) is 9.70. The minimum Gasteiger partial charge on any atom is -0.394 e. The maximum absolute atomic E-state index is 12.5. The van der Waals surface area contributed by atoms with E-state index in [1.807, 2.05) is 6.08 Å². The van der Waals surface area contributed by atoms with Gasteiger partial charge in [0.1, 0.15) is 0 Å². The summed E-state index contributed by atoms with van der Waals surface area (Å²) in [6, 6.07) is -0.636. The quantitative estimate of drug-likeness (QED) is 0.0420. The van der Waals surface area contributed by atoms with E-state index in [2.05, 4.69) is 129 Å². The molecule has 0 aromatic heterocycles. The van der Waals surface area contributed by atoms with Crippen LogP contribution in [0.15, 0.2) is 122 Å². The maximum Gasteiger partial charge on any atom is 0.220 e. The molecule has 442 valence electrons. The third-order valence-corrected chi connectivity index (χ3v) is 14.7. The zero-order valence-corrected chi connectivity index (χ0v) is 50.9. The van der Waals surface area contributed by atoms with Crippen molar-refractivity contribution in [3.05, 3.63) is 122 Å². The lowest BCUT2D eigenvalue weighted by Gasteiger charge is -2.20. The third kappa shape index (κ3) is 63.5. The van der Waals surface area contributed by atoms with Gasteiger partial charge < -0.3 is 15.5 Å². The van der Waals surface area contributed by atoms with Crippen LogP contribution in [0.2, 0.25) is 0 Å². The Morgan fingerprint density at radius 1 is 0.325 bits per heavy atom. The molecule has 0 spiro atoms. The molecule has 4 heteroatoms. The molecule has 0 aromatic rings. The Labute approximate surface area is 479 Å². The van der Waals surface area contributed by atoms with E-state index in [9.17, 15) is 15.0 Å². The van der Waals surface area contributed by atoms with E-state index in [1.54, 1.807) is 6.08 Å². The molecule has 0 aliphatic carbocycles. The van der Waals surface area contributed by atoms with Gasteiger partial charge in [0.25, 0.3) is 0 Å². The molecule has 2 unspecified atom stereocenters. The van der Waals surface area contributed by atoms with Crippen molar-refractivity contribution < 1.29 is 15.0 Å². The number of nitrogens with one attached hydrogen (secondary N) is 1. The average molecular weight is 1070 g/mol. The van der Waals surface area contributed by atoms with Crippen LogP contribution >= 0.6 is 0 Å². The molecule has 0 saturated heterocycles. The van der Waals surface area contributed by atoms with Gasteiger partial charge in [0.05, 0.1) is 18.8 Å². The second-order valence-electron chi connectivity index (χ2n) is 22.2. The van der Waals surface area contributed by atoms with Crippen LogP contribution in [0.4, 0.5) is 0 Å². The van der Waals surface area contributed by atoms with E-state index in [0.717, 1.165) is 89.9 Å². The van der Waals surface area contributed by atoms with Gasteiger partial charge in [-0.1, -0.05) is 341 Å². The Hall–Kier alpha value is -3.21. The molecular weight excluding hydrogens is 939 g/mol. The number of amides is 1. The third-order valence-electron chi connectivity index (χ3n) is 14.7. The van der Waals surface area contributed by atoms with Crippen molar-refractivity contribution in [3.8, 4) is 0 Å². The Bertz CT molecular complexity index is 1490. The number of allylic oxidation sites excluding steroid dienone is 19. The van der Waals surface area contributed by atoms with E-state index in [4.69, 9.17) is 0 Å². The largest absolute Gasteiger partial charge is 0.394 e. The smallest absolute Gasteiger partial charge is 0.220 e. The molecule has 4 nitrogen and oxygen atoms in total. The van der Waals surface area contributed by atoms with Gasteiger partial charge in [-0.25, -0.2) is 0 Å². The van der Waals surface area contributed by atoms with Crippen LogP contribution < -0.4 is 5.32 Å². The zero-order valence-electron chi connectivity index (χ0n) is 50.9. The Balaban J connectivity index is 3.56. The predicted octanol–water partition coefficient (Wildman–Crippen LogP) is 22.8. The van der Waals surface area contributed by atoms with Gasteiger partial charge in [0.15, 0.2) is 0 Å². The minimum absolute atomic E-state index is 0.0717. The van der Waals surface area contributed by atoms with Gasteiger partial charge in [-0.2, -0.15) is 0 Å². The molecule has 0 aliphatic rings. The second-order valence-corrected chi connectivity index (χ2v) is 22.2. The minimum atomic E-state index is -0.851. The summed E-state index contributed by atoms with van der Waals surface area (Å²) in [4.78, 5) is 12.5. The molecule has 0 rings (SSSR count). The normalized spacial score (nSPS) is 13.6. The molecule has 0 radical (unpaired) electrons. The van der Waals surface area contributed by atoms with Crippen LogP contribution in [0.5, 0.6) is 0 Å². The lowest BCUT2D eigenvalue weighted by atomic mass is 10.0. The second kappa shape index (κ2) is 67.1. The number of carbonyl (C=O) groups excluding carboxylic acids is 1. The molecule has 2 atom stereocenters. The highest BCUT2D eigenvalue weighted by Gasteiger charge is 2.18. The van der Waals surface area contributed by atoms with Gasteiger partial charge in [-0.3, -0.25) is 4.79 Å². The summed E-state index contributed by atoms with van der Waals surface area (Å²) in [5.74, 6) is -0.0717. The molecule has 0 bridgehead atoms. The highest BCUT2D eigenvalue weighted by Crippen LogP contribution is 2.17. The molecule has 77 heavy (non-hydrogen) atoms. The molecule has 1 amide bonds. The monoisotopic (exact) mass is 1070 g/mol. The number of aliphatic hydroxyl groups excluding tert-OH is 2. The molecule has 0 aromatic carbocycles. The number of unbranched alkanes of at least 4 members (excludes halogenated alkanes) is 35. The summed E-state index contributed by atoms with van der Waals surface area (Å²) >= 11 is 0. The van der Waals surface area contributed by atoms with Gasteiger partial charge in [0, 0.05) is 6.42 Å². The van der Waals surface area contributed by atoms with E-state index in [1.165, 1.54) is 205 Å². The highest BCUT2D eigenvalue weighted by atomic mass is 16.3. The molecule has 0 saturated carbocycles. The predicted molar refractivity (Wildman–Crippen MR) is 345 cm³/mol. The van der Waals surface area contributed by atoms with Crippen LogP contribution in [0.1, 0.15) is 316 Å². The van der Waals surface area contributed by atoms with E-state index in [-0.39, 0.29) is 12.5 Å². The number of aliphatic hydroxyl groups is 2. The summed E-state index contributed by atoms with van der Waals surface area (Å²) < 4.78 is 0. The fourth-order valence-corrected chi connectivity index (χ4v) is 9.70. The van der Waals surface area contributed by atoms with Crippen molar-refractivity contribution in [3.63, 3.8) is 0 Å². The van der Waals surface area contributed by atoms with Crippen molar-refractivity contribution >= 4 is 5.91 Å². The fraction of sp³-hybridized carbons (Fsp3) is 0.712. The van der Waals surface area contributed by atoms with Crippen LogP contribution in [-0.2, 0) is 4.79 Å². The molecule has 0 aliphatic heterocycles. The summed E-state index contributed by atoms with van der Waals surface area (Å²) in [6.45, 7) is 4.21. The summed E-state index contributed by atoms with van der Waals surface area (Å²) in [5, 5.41) is 23.3. The Kier molecular flexibility index (Phi) is 64.3. The van der Waals surface area contributed by atoms with Crippen molar-refractivity contribution in [2.45, 2.75) is 328 Å². The first-order valence-electron chi connectivity index (χ1n) is 33.2. The summed E-state index contributed by atoms with van der Waals surface area (Å²) in [7, 11) is 0. The van der Waals surface area contributed by atoms with Gasteiger partial charge in [0.2, 0.25) is 5.91 Å². The zero-order chi connectivity index (χ0) is 55.5. The first kappa shape index (κ1) is 73.8. The van der Waals surface area contributed by atoms with Crippen molar-refractivity contribution in [1.82, 2.24) is 5.32 Å². The van der Waals surface area contributed by atoms with Crippen LogP contribution in [0, 0.1) is 0 Å². The number of hydrogen-bond acceptors (Lipinski definition) is 3. The van der Waals surface area contributed by atoms with E-state index in [0.29, 0.717) is 6.42 Å². The Morgan fingerprint density at radius 3 is 0.857 bits per heavy atom. The first-order chi connectivity index (χ1) is 38.2. The van der Waals surface area contributed by atoms with Crippen LogP contribution in [0.25, 0.3) is 0 Å². The lowest BCUT2D eigenvalue weighted by Crippen LogP contribution is -2.45.